The van der Waals surface area contributed by atoms with Crippen molar-refractivity contribution in [1.82, 2.24) is 0 Å². The number of primary amides is 1. The topological polar surface area (TPSA) is 116 Å². The van der Waals surface area contributed by atoms with Crippen LogP contribution in [0.2, 0.25) is 0 Å². The molecule has 0 aromatic rings. The van der Waals surface area contributed by atoms with E-state index in [2.05, 4.69) is 4.74 Å². The predicted molar refractivity (Wildman–Crippen MR) is 39.8 cm³/mol. The Balaban J connectivity index is 3.80. The molecule has 0 aliphatic carbocycles. The minimum Gasteiger partial charge on any atom is -0.454 e. The van der Waals surface area contributed by atoms with Crippen molar-refractivity contribution >= 4 is 11.9 Å². The summed E-state index contributed by atoms with van der Waals surface area (Å²) in [6.45, 7) is 0.829. The summed E-state index contributed by atoms with van der Waals surface area (Å²) in [5, 5.41) is 8.81. The molecular formula is C6H12N2O4. The summed E-state index contributed by atoms with van der Waals surface area (Å²) in [6, 6.07) is -1.13. The zero-order chi connectivity index (χ0) is 9.72. The molecule has 2 atom stereocenters. The van der Waals surface area contributed by atoms with Crippen LogP contribution >= 0.6 is 0 Å². The maximum atomic E-state index is 10.8. The highest BCUT2D eigenvalue weighted by Gasteiger charge is 2.20. The van der Waals surface area contributed by atoms with Gasteiger partial charge in [-0.15, -0.1) is 0 Å². The number of aliphatic hydroxyl groups is 1. The summed E-state index contributed by atoms with van der Waals surface area (Å²) in [5.41, 5.74) is 9.87. The molecule has 0 fully saturated rings. The number of hydrogen-bond acceptors (Lipinski definition) is 5. The summed E-state index contributed by atoms with van der Waals surface area (Å²) >= 11 is 0. The van der Waals surface area contributed by atoms with Crippen molar-refractivity contribution in [3.63, 3.8) is 0 Å². The van der Waals surface area contributed by atoms with Gasteiger partial charge in [-0.2, -0.15) is 0 Å². The number of hydrogen-bond donors (Lipinski definition) is 3. The van der Waals surface area contributed by atoms with Crippen molar-refractivity contribution < 1.29 is 19.4 Å². The van der Waals surface area contributed by atoms with E-state index >= 15 is 0 Å². The predicted octanol–water partition coefficient (Wildman–Crippen LogP) is -2.28. The smallest absolute Gasteiger partial charge is 0.326 e. The number of esters is 1. The van der Waals surface area contributed by atoms with Gasteiger partial charge in [-0.05, 0) is 6.92 Å². The quantitative estimate of drug-likeness (QED) is 0.417. The molecule has 1 amide bonds. The lowest BCUT2D eigenvalue weighted by Crippen LogP contribution is -2.42. The molecule has 6 nitrogen and oxygen atoms in total. The average Bonchev–Trinajstić information content (AvgIpc) is 1.98. The lowest BCUT2D eigenvalue weighted by molar-refractivity contribution is -0.151. The van der Waals surface area contributed by atoms with Crippen LogP contribution in [0.4, 0.5) is 0 Å². The van der Waals surface area contributed by atoms with Gasteiger partial charge in [-0.25, -0.2) is 0 Å². The Morgan fingerprint density at radius 1 is 1.58 bits per heavy atom. The molecule has 0 aliphatic heterocycles. The number of carbonyl (C=O) groups excluding carboxylic acids is 2. The van der Waals surface area contributed by atoms with E-state index in [1.807, 2.05) is 0 Å². The van der Waals surface area contributed by atoms with Gasteiger partial charge in [0.15, 0.2) is 6.61 Å². The first-order valence-corrected chi connectivity index (χ1v) is 3.33. The molecule has 0 saturated heterocycles. The fourth-order valence-electron chi connectivity index (χ4n) is 0.435. The maximum Gasteiger partial charge on any atom is 0.326 e. The highest BCUT2D eigenvalue weighted by Crippen LogP contribution is 1.91. The molecule has 0 aliphatic rings. The van der Waals surface area contributed by atoms with Crippen LogP contribution in [0.25, 0.3) is 0 Å². The molecule has 0 heterocycles. The Kier molecular flexibility index (Phi) is 4.24. The zero-order valence-electron chi connectivity index (χ0n) is 6.69. The Morgan fingerprint density at radius 3 is 2.42 bits per heavy atom. The third-order valence-corrected chi connectivity index (χ3v) is 1.15. The van der Waals surface area contributed by atoms with Crippen molar-refractivity contribution in [2.75, 3.05) is 6.61 Å². The highest BCUT2D eigenvalue weighted by atomic mass is 16.5. The summed E-state index contributed by atoms with van der Waals surface area (Å²) in [6.07, 6.45) is -1.01. The molecule has 0 unspecified atom stereocenters. The summed E-state index contributed by atoms with van der Waals surface area (Å²) in [7, 11) is 0. The van der Waals surface area contributed by atoms with E-state index in [9.17, 15) is 9.59 Å². The van der Waals surface area contributed by atoms with Gasteiger partial charge in [0.2, 0.25) is 0 Å². The number of aliphatic hydroxyl groups excluding tert-OH is 1. The minimum atomic E-state index is -1.13. The monoisotopic (exact) mass is 176 g/mol. The highest BCUT2D eigenvalue weighted by molar-refractivity contribution is 5.81. The maximum absolute atomic E-state index is 10.8. The van der Waals surface area contributed by atoms with Crippen molar-refractivity contribution in [2.45, 2.75) is 19.1 Å². The zero-order valence-corrected chi connectivity index (χ0v) is 6.69. The third kappa shape index (κ3) is 3.89. The minimum absolute atomic E-state index is 0.515. The number of carbonyl (C=O) groups is 2. The fraction of sp³-hybridized carbons (Fsp3) is 0.667. The molecule has 0 bridgehead atoms. The van der Waals surface area contributed by atoms with Crippen LogP contribution in [0.1, 0.15) is 6.92 Å². The number of nitrogens with two attached hydrogens (primary N) is 2. The number of rotatable bonds is 4. The van der Waals surface area contributed by atoms with Gasteiger partial charge in [0.25, 0.3) is 5.91 Å². The molecule has 0 spiro atoms. The number of ether oxygens (including phenoxy) is 1. The molecule has 0 rings (SSSR count). The van der Waals surface area contributed by atoms with Gasteiger partial charge in [0, 0.05) is 0 Å². The van der Waals surface area contributed by atoms with E-state index in [4.69, 9.17) is 16.6 Å². The van der Waals surface area contributed by atoms with E-state index in [0.717, 1.165) is 0 Å². The lowest BCUT2D eigenvalue weighted by Gasteiger charge is -2.12. The molecule has 0 aromatic carbocycles. The number of amides is 1. The van der Waals surface area contributed by atoms with E-state index in [0.29, 0.717) is 0 Å². The second-order valence-corrected chi connectivity index (χ2v) is 2.34. The summed E-state index contributed by atoms with van der Waals surface area (Å²) in [5.74, 6) is -1.61. The molecule has 0 aromatic heterocycles. The summed E-state index contributed by atoms with van der Waals surface area (Å²) < 4.78 is 4.33. The van der Waals surface area contributed by atoms with E-state index in [-0.39, 0.29) is 0 Å². The van der Waals surface area contributed by atoms with Gasteiger partial charge in [-0.1, -0.05) is 0 Å². The van der Waals surface area contributed by atoms with Crippen LogP contribution in [-0.4, -0.2) is 35.7 Å². The first-order valence-electron chi connectivity index (χ1n) is 3.33. The van der Waals surface area contributed by atoms with Crippen molar-refractivity contribution in [3.05, 3.63) is 0 Å². The van der Waals surface area contributed by atoms with Crippen LogP contribution in [-0.2, 0) is 14.3 Å². The van der Waals surface area contributed by atoms with Gasteiger partial charge in [0.05, 0.1) is 6.10 Å². The van der Waals surface area contributed by atoms with Crippen LogP contribution in [0.15, 0.2) is 0 Å². The molecular weight excluding hydrogens is 164 g/mol. The fourth-order valence-corrected chi connectivity index (χ4v) is 0.435. The average molecular weight is 176 g/mol. The molecule has 70 valence electrons. The Morgan fingerprint density at radius 2 is 2.08 bits per heavy atom. The first kappa shape index (κ1) is 10.9. The normalized spacial score (nSPS) is 14.9. The molecule has 12 heavy (non-hydrogen) atoms. The van der Waals surface area contributed by atoms with Gasteiger partial charge in [0.1, 0.15) is 6.04 Å². The van der Waals surface area contributed by atoms with Crippen molar-refractivity contribution in [2.24, 2.45) is 11.5 Å². The van der Waals surface area contributed by atoms with E-state index in [1.165, 1.54) is 6.92 Å². The lowest BCUT2D eigenvalue weighted by atomic mass is 10.2. The first-order chi connectivity index (χ1) is 5.45. The third-order valence-electron chi connectivity index (χ3n) is 1.15. The van der Waals surface area contributed by atoms with Crippen molar-refractivity contribution in [3.8, 4) is 0 Å². The van der Waals surface area contributed by atoms with Crippen LogP contribution in [0.5, 0.6) is 0 Å². The van der Waals surface area contributed by atoms with Crippen LogP contribution < -0.4 is 11.5 Å². The summed E-state index contributed by atoms with van der Waals surface area (Å²) in [4.78, 5) is 20.9. The van der Waals surface area contributed by atoms with Crippen LogP contribution in [0.3, 0.4) is 0 Å². The Bertz CT molecular complexity index is 180. The van der Waals surface area contributed by atoms with Gasteiger partial charge >= 0.3 is 5.97 Å². The second-order valence-electron chi connectivity index (χ2n) is 2.34. The van der Waals surface area contributed by atoms with Gasteiger partial charge in [-0.3, -0.25) is 9.59 Å². The van der Waals surface area contributed by atoms with Gasteiger partial charge < -0.3 is 21.3 Å². The molecule has 0 radical (unpaired) electrons. The van der Waals surface area contributed by atoms with Crippen molar-refractivity contribution in [1.29, 1.82) is 0 Å². The van der Waals surface area contributed by atoms with E-state index < -0.39 is 30.6 Å². The Labute approximate surface area is 69.5 Å². The largest absolute Gasteiger partial charge is 0.454 e. The SMILES string of the molecule is C[C@@H](O)[C@H](N)C(=O)OCC(N)=O. The molecule has 6 heteroatoms. The van der Waals surface area contributed by atoms with Crippen LogP contribution in [0, 0.1) is 0 Å². The standard InChI is InChI=1S/C6H12N2O4/c1-3(9)5(8)6(11)12-2-4(7)10/h3,5,9H,2,8H2,1H3,(H2,7,10)/t3-,5+/m1/s1. The Hall–Kier alpha value is -1.14. The molecule has 0 saturated carbocycles. The van der Waals surface area contributed by atoms with E-state index in [1.54, 1.807) is 0 Å². The molecule has 5 N–H and O–H groups in total. The second kappa shape index (κ2) is 4.68.